The third kappa shape index (κ3) is 3.63. The molecule has 6 heteroatoms. The number of fused-ring (bicyclic) bond motifs is 1. The van der Waals surface area contributed by atoms with E-state index in [4.69, 9.17) is 11.6 Å². The molecule has 26 heavy (non-hydrogen) atoms. The van der Waals surface area contributed by atoms with Crippen molar-refractivity contribution in [3.63, 3.8) is 0 Å². The standard InChI is InChI=1S/C20H19ClN4O/c1-13(26)25(17-7-8-17)11-14-2-5-16(6-3-14)24-20-18-9-4-15(21)10-19(18)22-12-23-20/h2-6,9-10,12,17H,7-8,11H2,1H3,(H,22,23,24). The predicted octanol–water partition coefficient (Wildman–Crippen LogP) is 4.54. The van der Waals surface area contributed by atoms with Gasteiger partial charge in [-0.15, -0.1) is 0 Å². The van der Waals surface area contributed by atoms with Crippen LogP contribution in [0.15, 0.2) is 48.8 Å². The van der Waals surface area contributed by atoms with Crippen molar-refractivity contribution < 1.29 is 4.79 Å². The van der Waals surface area contributed by atoms with Gasteiger partial charge in [-0.25, -0.2) is 9.97 Å². The quantitative estimate of drug-likeness (QED) is 0.720. The topological polar surface area (TPSA) is 58.1 Å². The molecule has 3 aromatic rings. The molecule has 1 amide bonds. The van der Waals surface area contributed by atoms with Crippen molar-refractivity contribution >= 4 is 39.9 Å². The van der Waals surface area contributed by atoms with E-state index in [1.165, 1.54) is 6.33 Å². The second-order valence-corrected chi connectivity index (χ2v) is 7.02. The highest BCUT2D eigenvalue weighted by Gasteiger charge is 2.30. The lowest BCUT2D eigenvalue weighted by Crippen LogP contribution is -2.30. The van der Waals surface area contributed by atoms with Crippen LogP contribution in [0.1, 0.15) is 25.3 Å². The molecule has 1 aliphatic rings. The van der Waals surface area contributed by atoms with E-state index in [2.05, 4.69) is 15.3 Å². The van der Waals surface area contributed by atoms with Gasteiger partial charge in [-0.05, 0) is 48.7 Å². The molecule has 4 rings (SSSR count). The lowest BCUT2D eigenvalue weighted by Gasteiger charge is -2.20. The molecule has 1 aromatic heterocycles. The second kappa shape index (κ2) is 6.92. The predicted molar refractivity (Wildman–Crippen MR) is 104 cm³/mol. The maximum atomic E-state index is 11.8. The lowest BCUT2D eigenvalue weighted by atomic mass is 10.1. The van der Waals surface area contributed by atoms with E-state index in [9.17, 15) is 4.79 Å². The first kappa shape index (κ1) is 16.8. The molecule has 1 aliphatic carbocycles. The first-order valence-corrected chi connectivity index (χ1v) is 9.01. The van der Waals surface area contributed by atoms with Gasteiger partial charge in [0.2, 0.25) is 5.91 Å². The summed E-state index contributed by atoms with van der Waals surface area (Å²) in [7, 11) is 0. The van der Waals surface area contributed by atoms with Crippen LogP contribution in [-0.2, 0) is 11.3 Å². The molecule has 1 saturated carbocycles. The minimum absolute atomic E-state index is 0.140. The Morgan fingerprint density at radius 2 is 1.96 bits per heavy atom. The van der Waals surface area contributed by atoms with Crippen LogP contribution in [0.5, 0.6) is 0 Å². The van der Waals surface area contributed by atoms with Crippen LogP contribution < -0.4 is 5.32 Å². The molecule has 0 atom stereocenters. The summed E-state index contributed by atoms with van der Waals surface area (Å²) in [5.41, 5.74) is 2.86. The number of hydrogen-bond donors (Lipinski definition) is 1. The van der Waals surface area contributed by atoms with Gasteiger partial charge < -0.3 is 10.2 Å². The molecule has 132 valence electrons. The Morgan fingerprint density at radius 1 is 1.19 bits per heavy atom. The number of benzene rings is 2. The van der Waals surface area contributed by atoms with E-state index in [1.54, 1.807) is 6.92 Å². The van der Waals surface area contributed by atoms with Gasteiger partial charge in [0.05, 0.1) is 5.52 Å². The maximum Gasteiger partial charge on any atom is 0.219 e. The Kier molecular flexibility index (Phi) is 4.47. The van der Waals surface area contributed by atoms with Gasteiger partial charge >= 0.3 is 0 Å². The summed E-state index contributed by atoms with van der Waals surface area (Å²) >= 11 is 6.03. The van der Waals surface area contributed by atoms with Gasteiger partial charge in [0.15, 0.2) is 0 Å². The van der Waals surface area contributed by atoms with Crippen molar-refractivity contribution in [2.75, 3.05) is 5.32 Å². The zero-order valence-corrected chi connectivity index (χ0v) is 15.2. The fourth-order valence-corrected chi connectivity index (χ4v) is 3.21. The number of nitrogens with zero attached hydrogens (tertiary/aromatic N) is 3. The minimum Gasteiger partial charge on any atom is -0.340 e. The molecule has 1 fully saturated rings. The normalized spacial score (nSPS) is 13.6. The molecule has 0 radical (unpaired) electrons. The summed E-state index contributed by atoms with van der Waals surface area (Å²) in [6, 6.07) is 14.1. The molecule has 1 heterocycles. The van der Waals surface area contributed by atoms with Crippen molar-refractivity contribution in [1.82, 2.24) is 14.9 Å². The molecule has 0 aliphatic heterocycles. The van der Waals surface area contributed by atoms with Gasteiger partial charge in [-0.1, -0.05) is 23.7 Å². The van der Waals surface area contributed by atoms with Crippen molar-refractivity contribution in [1.29, 1.82) is 0 Å². The van der Waals surface area contributed by atoms with E-state index < -0.39 is 0 Å². The first-order valence-electron chi connectivity index (χ1n) is 8.63. The highest BCUT2D eigenvalue weighted by Crippen LogP contribution is 2.29. The largest absolute Gasteiger partial charge is 0.340 e. The van der Waals surface area contributed by atoms with Crippen LogP contribution >= 0.6 is 11.6 Å². The van der Waals surface area contributed by atoms with Gasteiger partial charge in [0, 0.05) is 35.6 Å². The second-order valence-electron chi connectivity index (χ2n) is 6.58. The molecule has 1 N–H and O–H groups in total. The third-order valence-electron chi connectivity index (χ3n) is 4.56. The van der Waals surface area contributed by atoms with Gasteiger partial charge in [0.1, 0.15) is 12.1 Å². The van der Waals surface area contributed by atoms with Crippen LogP contribution in [-0.4, -0.2) is 26.8 Å². The van der Waals surface area contributed by atoms with Crippen LogP contribution in [0.3, 0.4) is 0 Å². The Hall–Kier alpha value is -2.66. The monoisotopic (exact) mass is 366 g/mol. The number of aromatic nitrogens is 2. The summed E-state index contributed by atoms with van der Waals surface area (Å²) in [5.74, 6) is 0.878. The number of halogens is 1. The van der Waals surface area contributed by atoms with Crippen LogP contribution in [0.4, 0.5) is 11.5 Å². The average molecular weight is 367 g/mol. The van der Waals surface area contributed by atoms with E-state index in [1.807, 2.05) is 47.4 Å². The summed E-state index contributed by atoms with van der Waals surface area (Å²) in [6.45, 7) is 2.30. The number of anilines is 2. The molecular weight excluding hydrogens is 348 g/mol. The summed E-state index contributed by atoms with van der Waals surface area (Å²) in [6.07, 6.45) is 3.75. The van der Waals surface area contributed by atoms with Crippen LogP contribution in [0.25, 0.3) is 10.9 Å². The van der Waals surface area contributed by atoms with E-state index in [-0.39, 0.29) is 5.91 Å². The number of carbonyl (C=O) groups is 1. The van der Waals surface area contributed by atoms with Crippen molar-refractivity contribution in [3.05, 3.63) is 59.4 Å². The molecular formula is C20H19ClN4O. The number of carbonyl (C=O) groups excluding carboxylic acids is 1. The highest BCUT2D eigenvalue weighted by molar-refractivity contribution is 6.31. The lowest BCUT2D eigenvalue weighted by molar-refractivity contribution is -0.130. The number of amides is 1. The molecule has 0 saturated heterocycles. The fraction of sp³-hybridized carbons (Fsp3) is 0.250. The minimum atomic E-state index is 0.140. The average Bonchev–Trinajstić information content (AvgIpc) is 3.45. The fourth-order valence-electron chi connectivity index (χ4n) is 3.04. The van der Waals surface area contributed by atoms with Gasteiger partial charge in [-0.2, -0.15) is 0 Å². The molecule has 0 unspecified atom stereocenters. The smallest absolute Gasteiger partial charge is 0.219 e. The third-order valence-corrected chi connectivity index (χ3v) is 4.80. The highest BCUT2D eigenvalue weighted by atomic mass is 35.5. The van der Waals surface area contributed by atoms with Crippen molar-refractivity contribution in [3.8, 4) is 0 Å². The Morgan fingerprint density at radius 3 is 2.65 bits per heavy atom. The van der Waals surface area contributed by atoms with Gasteiger partial charge in [-0.3, -0.25) is 4.79 Å². The number of hydrogen-bond acceptors (Lipinski definition) is 4. The van der Waals surface area contributed by atoms with Gasteiger partial charge in [0.25, 0.3) is 0 Å². The van der Waals surface area contributed by atoms with E-state index in [0.717, 1.165) is 40.8 Å². The van der Waals surface area contributed by atoms with Crippen molar-refractivity contribution in [2.24, 2.45) is 0 Å². The van der Waals surface area contributed by atoms with E-state index in [0.29, 0.717) is 17.6 Å². The molecule has 0 spiro atoms. The summed E-state index contributed by atoms with van der Waals surface area (Å²) in [5, 5.41) is 4.89. The molecule has 2 aromatic carbocycles. The Bertz CT molecular complexity index is 954. The number of nitrogens with one attached hydrogen (secondary N) is 1. The number of rotatable bonds is 5. The summed E-state index contributed by atoms with van der Waals surface area (Å²) in [4.78, 5) is 22.3. The van der Waals surface area contributed by atoms with Crippen molar-refractivity contribution in [2.45, 2.75) is 32.4 Å². The SMILES string of the molecule is CC(=O)N(Cc1ccc(Nc2ncnc3cc(Cl)ccc23)cc1)C1CC1. The Labute approximate surface area is 157 Å². The van der Waals surface area contributed by atoms with E-state index >= 15 is 0 Å². The Balaban J connectivity index is 1.52. The molecule has 5 nitrogen and oxygen atoms in total. The zero-order valence-electron chi connectivity index (χ0n) is 14.4. The zero-order chi connectivity index (χ0) is 18.1. The molecule has 0 bridgehead atoms. The van der Waals surface area contributed by atoms with Crippen LogP contribution in [0.2, 0.25) is 5.02 Å². The van der Waals surface area contributed by atoms with Crippen LogP contribution in [0, 0.1) is 0 Å². The first-order chi connectivity index (χ1) is 12.6. The summed E-state index contributed by atoms with van der Waals surface area (Å²) < 4.78 is 0. The maximum absolute atomic E-state index is 11.8.